The number of hydrogen-bond acceptors (Lipinski definition) is 4. The lowest BCUT2D eigenvalue weighted by Gasteiger charge is -2.33. The molecule has 116 valence electrons. The van der Waals surface area contributed by atoms with Gasteiger partial charge in [0.1, 0.15) is 0 Å². The van der Waals surface area contributed by atoms with Crippen LogP contribution >= 0.6 is 0 Å². The molecular weight excluding hydrogens is 264 g/mol. The lowest BCUT2D eigenvalue weighted by atomic mass is 9.92. The molecule has 0 aromatic heterocycles. The van der Waals surface area contributed by atoms with Gasteiger partial charge in [0.2, 0.25) is 0 Å². The molecule has 0 saturated carbocycles. The number of methoxy groups -OCH3 is 2. The SMILES string of the molecule is COc1ccc(C(C)NC2CCN3CCC2C3)cc1OC. The Kier molecular flexibility index (Phi) is 4.36. The molecule has 0 radical (unpaired) electrons. The van der Waals surface area contributed by atoms with E-state index < -0.39 is 0 Å². The Morgan fingerprint density at radius 2 is 1.90 bits per heavy atom. The minimum Gasteiger partial charge on any atom is -0.493 e. The smallest absolute Gasteiger partial charge is 0.161 e. The van der Waals surface area contributed by atoms with Gasteiger partial charge in [-0.25, -0.2) is 0 Å². The molecule has 4 unspecified atom stereocenters. The van der Waals surface area contributed by atoms with Gasteiger partial charge >= 0.3 is 0 Å². The van der Waals surface area contributed by atoms with Crippen LogP contribution in [0.2, 0.25) is 0 Å². The summed E-state index contributed by atoms with van der Waals surface area (Å²) in [6.07, 6.45) is 2.61. The maximum absolute atomic E-state index is 5.41. The van der Waals surface area contributed by atoms with Crippen LogP contribution in [0.5, 0.6) is 11.5 Å². The zero-order valence-corrected chi connectivity index (χ0v) is 13.3. The monoisotopic (exact) mass is 290 g/mol. The van der Waals surface area contributed by atoms with Gasteiger partial charge in [-0.05, 0) is 56.5 Å². The summed E-state index contributed by atoms with van der Waals surface area (Å²) < 4.78 is 10.7. The fourth-order valence-electron chi connectivity index (χ4n) is 3.71. The van der Waals surface area contributed by atoms with Crippen molar-refractivity contribution in [2.45, 2.75) is 31.8 Å². The molecule has 4 heteroatoms. The quantitative estimate of drug-likeness (QED) is 0.903. The largest absolute Gasteiger partial charge is 0.493 e. The van der Waals surface area contributed by atoms with Crippen LogP contribution in [0.25, 0.3) is 0 Å². The molecule has 4 atom stereocenters. The van der Waals surface area contributed by atoms with Crippen LogP contribution in [0.1, 0.15) is 31.4 Å². The Labute approximate surface area is 127 Å². The summed E-state index contributed by atoms with van der Waals surface area (Å²) in [5, 5.41) is 3.83. The van der Waals surface area contributed by atoms with Crippen LogP contribution in [0.3, 0.4) is 0 Å². The number of fused-ring (bicyclic) bond motifs is 2. The third kappa shape index (κ3) is 3.01. The zero-order chi connectivity index (χ0) is 14.8. The number of nitrogens with one attached hydrogen (secondary N) is 1. The van der Waals surface area contributed by atoms with Gasteiger partial charge in [0.25, 0.3) is 0 Å². The Morgan fingerprint density at radius 3 is 2.67 bits per heavy atom. The van der Waals surface area contributed by atoms with Crippen molar-refractivity contribution in [3.63, 3.8) is 0 Å². The van der Waals surface area contributed by atoms with Crippen LogP contribution in [0, 0.1) is 5.92 Å². The van der Waals surface area contributed by atoms with E-state index in [9.17, 15) is 0 Å². The van der Waals surface area contributed by atoms with E-state index in [1.54, 1.807) is 14.2 Å². The molecule has 2 aliphatic rings. The molecule has 21 heavy (non-hydrogen) atoms. The summed E-state index contributed by atoms with van der Waals surface area (Å²) in [5.41, 5.74) is 1.26. The molecule has 2 aliphatic heterocycles. The van der Waals surface area contributed by atoms with Crippen molar-refractivity contribution < 1.29 is 9.47 Å². The highest BCUT2D eigenvalue weighted by Gasteiger charge is 2.34. The third-order valence-corrected chi connectivity index (χ3v) is 5.01. The minimum absolute atomic E-state index is 0.335. The van der Waals surface area contributed by atoms with E-state index in [0.29, 0.717) is 12.1 Å². The van der Waals surface area contributed by atoms with Gasteiger partial charge in [-0.15, -0.1) is 0 Å². The van der Waals surface area contributed by atoms with Crippen LogP contribution in [0.15, 0.2) is 18.2 Å². The van der Waals surface area contributed by atoms with Crippen molar-refractivity contribution in [3.8, 4) is 11.5 Å². The Bertz CT molecular complexity index is 492. The highest BCUT2D eigenvalue weighted by atomic mass is 16.5. The highest BCUT2D eigenvalue weighted by Crippen LogP contribution is 2.32. The van der Waals surface area contributed by atoms with E-state index in [1.165, 1.54) is 38.0 Å². The molecule has 0 aliphatic carbocycles. The highest BCUT2D eigenvalue weighted by molar-refractivity contribution is 5.43. The van der Waals surface area contributed by atoms with Crippen molar-refractivity contribution in [1.29, 1.82) is 0 Å². The van der Waals surface area contributed by atoms with Crippen LogP contribution in [-0.4, -0.2) is 44.8 Å². The molecule has 2 saturated heterocycles. The number of rotatable bonds is 5. The molecule has 3 rings (SSSR count). The van der Waals surface area contributed by atoms with Crippen LogP contribution < -0.4 is 14.8 Å². The van der Waals surface area contributed by atoms with Gasteiger partial charge in [0, 0.05) is 18.6 Å². The van der Waals surface area contributed by atoms with E-state index in [0.717, 1.165) is 17.4 Å². The first-order valence-corrected chi connectivity index (χ1v) is 7.91. The van der Waals surface area contributed by atoms with E-state index in [1.807, 2.05) is 6.07 Å². The molecule has 1 aromatic carbocycles. The normalized spacial score (nSPS) is 29.2. The predicted molar refractivity (Wildman–Crippen MR) is 84.0 cm³/mol. The lowest BCUT2D eigenvalue weighted by molar-refractivity contribution is 0.212. The molecule has 2 bridgehead atoms. The number of benzene rings is 1. The van der Waals surface area contributed by atoms with Gasteiger partial charge < -0.3 is 19.7 Å². The zero-order valence-electron chi connectivity index (χ0n) is 13.3. The van der Waals surface area contributed by atoms with Crippen LogP contribution in [-0.2, 0) is 0 Å². The summed E-state index contributed by atoms with van der Waals surface area (Å²) in [6, 6.07) is 7.18. The second-order valence-electron chi connectivity index (χ2n) is 6.25. The number of nitrogens with zero attached hydrogens (tertiary/aromatic N) is 1. The van der Waals surface area contributed by atoms with E-state index >= 15 is 0 Å². The lowest BCUT2D eigenvalue weighted by Crippen LogP contribution is -2.44. The molecule has 1 N–H and O–H groups in total. The molecular formula is C17H26N2O2. The fourth-order valence-corrected chi connectivity index (χ4v) is 3.71. The Hall–Kier alpha value is -1.26. The van der Waals surface area contributed by atoms with Crippen molar-refractivity contribution in [2.24, 2.45) is 5.92 Å². The Morgan fingerprint density at radius 1 is 1.14 bits per heavy atom. The maximum Gasteiger partial charge on any atom is 0.161 e. The predicted octanol–water partition coefficient (Wildman–Crippen LogP) is 2.45. The first-order valence-electron chi connectivity index (χ1n) is 7.91. The van der Waals surface area contributed by atoms with Gasteiger partial charge in [0.15, 0.2) is 11.5 Å². The van der Waals surface area contributed by atoms with E-state index in [2.05, 4.69) is 29.3 Å². The Balaban J connectivity index is 1.68. The second-order valence-corrected chi connectivity index (χ2v) is 6.25. The summed E-state index contributed by atoms with van der Waals surface area (Å²) in [5.74, 6) is 2.42. The van der Waals surface area contributed by atoms with E-state index in [4.69, 9.17) is 9.47 Å². The molecule has 2 heterocycles. The van der Waals surface area contributed by atoms with E-state index in [-0.39, 0.29) is 0 Å². The summed E-state index contributed by atoms with van der Waals surface area (Å²) in [6.45, 7) is 6.04. The van der Waals surface area contributed by atoms with Crippen molar-refractivity contribution in [1.82, 2.24) is 10.2 Å². The average molecular weight is 290 g/mol. The van der Waals surface area contributed by atoms with Crippen molar-refractivity contribution >= 4 is 0 Å². The standard InChI is InChI=1S/C17H26N2O2/c1-12(13-4-5-16(20-2)17(10-13)21-3)18-15-7-9-19-8-6-14(15)11-19/h4-5,10,12,14-15,18H,6-9,11H2,1-3H3. The van der Waals surface area contributed by atoms with Gasteiger partial charge in [-0.3, -0.25) is 0 Å². The molecule has 0 spiro atoms. The molecule has 4 nitrogen and oxygen atoms in total. The van der Waals surface area contributed by atoms with Crippen molar-refractivity contribution in [3.05, 3.63) is 23.8 Å². The second kappa shape index (κ2) is 6.24. The first kappa shape index (κ1) is 14.7. The molecule has 2 fully saturated rings. The number of ether oxygens (including phenoxy) is 2. The molecule has 0 amide bonds. The summed E-state index contributed by atoms with van der Waals surface area (Å²) >= 11 is 0. The fraction of sp³-hybridized carbons (Fsp3) is 0.647. The van der Waals surface area contributed by atoms with Crippen LogP contribution in [0.4, 0.5) is 0 Å². The summed E-state index contributed by atoms with van der Waals surface area (Å²) in [7, 11) is 3.36. The third-order valence-electron chi connectivity index (χ3n) is 5.01. The average Bonchev–Trinajstić information content (AvgIpc) is 2.91. The van der Waals surface area contributed by atoms with Gasteiger partial charge in [-0.2, -0.15) is 0 Å². The van der Waals surface area contributed by atoms with Gasteiger partial charge in [0.05, 0.1) is 14.2 Å². The number of hydrogen-bond donors (Lipinski definition) is 1. The first-order chi connectivity index (χ1) is 10.2. The topological polar surface area (TPSA) is 33.7 Å². The minimum atomic E-state index is 0.335. The number of piperidine rings is 1. The van der Waals surface area contributed by atoms with Crippen molar-refractivity contribution in [2.75, 3.05) is 33.9 Å². The maximum atomic E-state index is 5.41. The van der Waals surface area contributed by atoms with Gasteiger partial charge in [-0.1, -0.05) is 6.07 Å². The molecule has 1 aromatic rings. The summed E-state index contributed by atoms with van der Waals surface area (Å²) in [4.78, 5) is 2.59.